The van der Waals surface area contributed by atoms with E-state index in [2.05, 4.69) is 4.98 Å². The molecule has 1 fully saturated rings. The average Bonchev–Trinajstić information content (AvgIpc) is 3.41. The molecule has 1 atom stereocenters. The Labute approximate surface area is 185 Å². The van der Waals surface area contributed by atoms with Crippen molar-refractivity contribution in [2.45, 2.75) is 39.5 Å². The molecule has 0 saturated carbocycles. The lowest BCUT2D eigenvalue weighted by Crippen LogP contribution is -2.39. The second-order valence-corrected chi connectivity index (χ2v) is 7.62. The van der Waals surface area contributed by atoms with Gasteiger partial charge in [-0.05, 0) is 37.6 Å². The van der Waals surface area contributed by atoms with Gasteiger partial charge < -0.3 is 18.8 Å². The molecule has 0 amide bonds. The van der Waals surface area contributed by atoms with Crippen LogP contribution in [-0.2, 0) is 24.9 Å². The van der Waals surface area contributed by atoms with Crippen molar-refractivity contribution in [3.05, 3.63) is 50.4 Å². The van der Waals surface area contributed by atoms with Gasteiger partial charge in [-0.25, -0.2) is 9.78 Å². The third kappa shape index (κ3) is 3.84. The van der Waals surface area contributed by atoms with Crippen molar-refractivity contribution in [3.8, 4) is 11.5 Å². The number of ether oxygens (including phenoxy) is 3. The predicted molar refractivity (Wildman–Crippen MR) is 122 cm³/mol. The molecule has 3 aromatic rings. The quantitative estimate of drug-likeness (QED) is 0.560. The van der Waals surface area contributed by atoms with Crippen LogP contribution in [0.3, 0.4) is 0 Å². The molecule has 170 valence electrons. The monoisotopic (exact) mass is 440 g/mol. The van der Waals surface area contributed by atoms with Gasteiger partial charge in [-0.2, -0.15) is 0 Å². The molecule has 3 heterocycles. The summed E-state index contributed by atoms with van der Waals surface area (Å²) in [5, 5.41) is 0. The Morgan fingerprint density at radius 2 is 1.94 bits per heavy atom. The van der Waals surface area contributed by atoms with Crippen molar-refractivity contribution in [1.82, 2.24) is 18.7 Å². The molecule has 32 heavy (non-hydrogen) atoms. The lowest BCUT2D eigenvalue weighted by molar-refractivity contribution is 0.138. The molecule has 1 aliphatic heterocycles. The van der Waals surface area contributed by atoms with Crippen LogP contribution in [0.25, 0.3) is 23.3 Å². The molecule has 9 nitrogen and oxygen atoms in total. The molecule has 2 aromatic heterocycles. The number of fused-ring (bicyclic) bond motifs is 1. The predicted octanol–water partition coefficient (Wildman–Crippen LogP) is 2.28. The first-order valence-electron chi connectivity index (χ1n) is 10.8. The van der Waals surface area contributed by atoms with Gasteiger partial charge in [0.2, 0.25) is 0 Å². The maximum atomic E-state index is 12.9. The van der Waals surface area contributed by atoms with Crippen molar-refractivity contribution in [3.63, 3.8) is 0 Å². The van der Waals surface area contributed by atoms with Gasteiger partial charge in [-0.3, -0.25) is 13.9 Å². The summed E-state index contributed by atoms with van der Waals surface area (Å²) < 4.78 is 21.4. The van der Waals surface area contributed by atoms with Crippen LogP contribution in [0.4, 0.5) is 0 Å². The van der Waals surface area contributed by atoms with Crippen LogP contribution in [0, 0.1) is 0 Å². The Kier molecular flexibility index (Phi) is 6.18. The molecule has 0 unspecified atom stereocenters. The first-order chi connectivity index (χ1) is 15.5. The van der Waals surface area contributed by atoms with Gasteiger partial charge in [0.25, 0.3) is 5.56 Å². The Bertz CT molecular complexity index is 1280. The van der Waals surface area contributed by atoms with Crippen molar-refractivity contribution < 1.29 is 14.2 Å². The zero-order valence-corrected chi connectivity index (χ0v) is 18.8. The zero-order chi connectivity index (χ0) is 22.8. The summed E-state index contributed by atoms with van der Waals surface area (Å²) in [4.78, 5) is 30.1. The summed E-state index contributed by atoms with van der Waals surface area (Å²) in [6.45, 7) is 5.65. The summed E-state index contributed by atoms with van der Waals surface area (Å²) in [6.07, 6.45) is 4.57. The number of rotatable bonds is 7. The molecule has 1 aromatic carbocycles. The van der Waals surface area contributed by atoms with E-state index in [1.54, 1.807) is 25.6 Å². The highest BCUT2D eigenvalue weighted by atomic mass is 16.6. The Hall–Kier alpha value is -3.33. The van der Waals surface area contributed by atoms with Gasteiger partial charge >= 0.3 is 5.69 Å². The number of aryl methyl sites for hydroxylation is 2. The first kappa shape index (κ1) is 21.9. The van der Waals surface area contributed by atoms with E-state index < -0.39 is 0 Å². The van der Waals surface area contributed by atoms with Gasteiger partial charge in [0.05, 0.1) is 20.3 Å². The minimum absolute atomic E-state index is 0.00878. The van der Waals surface area contributed by atoms with E-state index in [-0.39, 0.29) is 17.4 Å². The summed E-state index contributed by atoms with van der Waals surface area (Å²) in [5.41, 5.74) is 1.03. The molecule has 1 saturated heterocycles. The van der Waals surface area contributed by atoms with Gasteiger partial charge in [0, 0.05) is 26.6 Å². The number of hydrogen-bond acceptors (Lipinski definition) is 6. The highest BCUT2D eigenvalue weighted by Crippen LogP contribution is 2.31. The highest BCUT2D eigenvalue weighted by Gasteiger charge is 2.20. The van der Waals surface area contributed by atoms with E-state index in [0.717, 1.165) is 12.0 Å². The van der Waals surface area contributed by atoms with Gasteiger partial charge in [-0.15, -0.1) is 0 Å². The molecule has 0 N–H and O–H groups in total. The van der Waals surface area contributed by atoms with Crippen LogP contribution in [0.2, 0.25) is 0 Å². The molecule has 9 heteroatoms. The molecule has 0 radical (unpaired) electrons. The average molecular weight is 441 g/mol. The Morgan fingerprint density at radius 3 is 2.59 bits per heavy atom. The first-order valence-corrected chi connectivity index (χ1v) is 10.8. The van der Waals surface area contributed by atoms with E-state index in [4.69, 9.17) is 14.2 Å². The van der Waals surface area contributed by atoms with E-state index in [9.17, 15) is 9.59 Å². The van der Waals surface area contributed by atoms with Gasteiger partial charge in [0.1, 0.15) is 11.9 Å². The summed E-state index contributed by atoms with van der Waals surface area (Å²) in [7, 11) is 3.39. The van der Waals surface area contributed by atoms with E-state index in [1.165, 1.54) is 9.13 Å². The number of methoxy groups -OCH3 is 1. The number of aromatic nitrogens is 4. The number of hydrogen-bond donors (Lipinski definition) is 0. The van der Waals surface area contributed by atoms with E-state index >= 15 is 0 Å². The zero-order valence-electron chi connectivity index (χ0n) is 18.8. The van der Waals surface area contributed by atoms with Crippen LogP contribution in [0.5, 0.6) is 11.5 Å². The third-order valence-electron chi connectivity index (χ3n) is 5.70. The number of nitrogens with zero attached hydrogens (tertiary/aromatic N) is 4. The van der Waals surface area contributed by atoms with Crippen LogP contribution < -0.4 is 20.7 Å². The maximum Gasteiger partial charge on any atom is 0.332 e. The SMILES string of the molecule is CCn1c(=O)c2c(nc(/C=C/c3ccc(OC)c(O[C@@H]4CCOC4)c3)n2C)n(CC)c1=O. The number of imidazole rings is 1. The summed E-state index contributed by atoms with van der Waals surface area (Å²) >= 11 is 0. The second-order valence-electron chi connectivity index (χ2n) is 7.62. The molecule has 4 rings (SSSR count). The van der Waals surface area contributed by atoms with E-state index in [0.29, 0.717) is 54.8 Å². The molecular weight excluding hydrogens is 412 g/mol. The van der Waals surface area contributed by atoms with E-state index in [1.807, 2.05) is 37.3 Å². The lowest BCUT2D eigenvalue weighted by Gasteiger charge is -2.15. The largest absolute Gasteiger partial charge is 0.493 e. The van der Waals surface area contributed by atoms with Crippen molar-refractivity contribution in [2.24, 2.45) is 7.05 Å². The summed E-state index contributed by atoms with van der Waals surface area (Å²) in [5.74, 6) is 1.89. The Morgan fingerprint density at radius 1 is 1.16 bits per heavy atom. The second kappa shape index (κ2) is 9.04. The Balaban J connectivity index is 1.73. The smallest absolute Gasteiger partial charge is 0.332 e. The van der Waals surface area contributed by atoms with Crippen molar-refractivity contribution >= 4 is 23.3 Å². The van der Waals surface area contributed by atoms with Crippen LogP contribution in [0.1, 0.15) is 31.7 Å². The van der Waals surface area contributed by atoms with Gasteiger partial charge in [0.15, 0.2) is 22.7 Å². The fourth-order valence-corrected chi connectivity index (χ4v) is 3.94. The fourth-order valence-electron chi connectivity index (χ4n) is 3.94. The highest BCUT2D eigenvalue weighted by molar-refractivity contribution is 5.77. The standard InChI is InChI=1S/C23H28N4O5/c1-5-26-21-20(22(28)27(6-2)23(26)29)25(3)19(24-21)10-8-15-7-9-17(30-4)18(13-15)32-16-11-12-31-14-16/h7-10,13,16H,5-6,11-12,14H2,1-4H3/b10-8+/t16-/m1/s1. The lowest BCUT2D eigenvalue weighted by atomic mass is 10.2. The van der Waals surface area contributed by atoms with Crippen LogP contribution in [0.15, 0.2) is 27.8 Å². The van der Waals surface area contributed by atoms with Crippen molar-refractivity contribution in [2.75, 3.05) is 20.3 Å². The fraction of sp³-hybridized carbons (Fsp3) is 0.435. The molecule has 0 bridgehead atoms. The topological polar surface area (TPSA) is 89.5 Å². The normalized spacial score (nSPS) is 16.3. The number of benzene rings is 1. The van der Waals surface area contributed by atoms with Crippen molar-refractivity contribution in [1.29, 1.82) is 0 Å². The summed E-state index contributed by atoms with van der Waals surface area (Å²) in [6, 6.07) is 5.68. The molecule has 1 aliphatic rings. The molecular formula is C23H28N4O5. The maximum absolute atomic E-state index is 12.9. The van der Waals surface area contributed by atoms with Crippen LogP contribution >= 0.6 is 0 Å². The van der Waals surface area contributed by atoms with Crippen LogP contribution in [-0.4, -0.2) is 45.1 Å². The molecule has 0 aliphatic carbocycles. The minimum Gasteiger partial charge on any atom is -0.493 e. The third-order valence-corrected chi connectivity index (χ3v) is 5.70. The molecule has 0 spiro atoms. The van der Waals surface area contributed by atoms with Gasteiger partial charge in [-0.1, -0.05) is 12.1 Å². The minimum atomic E-state index is -0.339.